The Balaban J connectivity index is 1.36. The van der Waals surface area contributed by atoms with Gasteiger partial charge in [0.1, 0.15) is 5.69 Å². The second-order valence-electron chi connectivity index (χ2n) is 6.56. The highest BCUT2D eigenvalue weighted by Crippen LogP contribution is 2.30. The molecule has 4 aromatic rings. The van der Waals surface area contributed by atoms with Gasteiger partial charge >= 0.3 is 0 Å². The Morgan fingerprint density at radius 2 is 1.93 bits per heavy atom. The second-order valence-corrected chi connectivity index (χ2v) is 7.77. The monoisotopic (exact) mass is 405 g/mol. The van der Waals surface area contributed by atoms with Crippen molar-refractivity contribution in [2.45, 2.75) is 26.7 Å². The predicted molar refractivity (Wildman–Crippen MR) is 112 cm³/mol. The third kappa shape index (κ3) is 4.55. The first-order valence-corrected chi connectivity index (χ1v) is 9.98. The van der Waals surface area contributed by atoms with E-state index in [1.54, 1.807) is 12.3 Å². The molecule has 1 N–H and O–H groups in total. The van der Waals surface area contributed by atoms with Crippen molar-refractivity contribution in [1.29, 1.82) is 0 Å². The molecular formula is C21H19N5O2S. The maximum atomic E-state index is 12.3. The van der Waals surface area contributed by atoms with Crippen LogP contribution < -0.4 is 5.32 Å². The van der Waals surface area contributed by atoms with Crippen LogP contribution in [0, 0.1) is 13.8 Å². The molecule has 0 unspecified atom stereocenters. The molecule has 3 aromatic heterocycles. The van der Waals surface area contributed by atoms with E-state index in [1.807, 2.05) is 38.1 Å². The number of nitrogens with zero attached hydrogens (tertiary/aromatic N) is 4. The molecule has 0 bridgehead atoms. The minimum atomic E-state index is -0.146. The van der Waals surface area contributed by atoms with E-state index in [1.165, 1.54) is 16.9 Å². The Hall–Kier alpha value is -3.39. The number of carbonyl (C=O) groups is 1. The van der Waals surface area contributed by atoms with Crippen molar-refractivity contribution in [2.24, 2.45) is 0 Å². The van der Waals surface area contributed by atoms with Crippen LogP contribution in [-0.2, 0) is 11.2 Å². The van der Waals surface area contributed by atoms with E-state index in [2.05, 4.69) is 37.6 Å². The standard InChI is InChI=1S/C21H19N5O2S/c1-13-6-8-15(9-7-13)19-14(2)29-21(25-19)23-17(27)10-11-18-24-20(26-28-18)16-5-3-4-12-22-16/h3-9,12H,10-11H2,1-2H3,(H,23,25,27). The van der Waals surface area contributed by atoms with E-state index >= 15 is 0 Å². The van der Waals surface area contributed by atoms with Crippen LogP contribution in [-0.4, -0.2) is 26.0 Å². The molecular weight excluding hydrogens is 386 g/mol. The Kier molecular flexibility index (Phi) is 5.44. The van der Waals surface area contributed by atoms with Crippen molar-refractivity contribution in [2.75, 3.05) is 5.32 Å². The normalized spacial score (nSPS) is 10.8. The lowest BCUT2D eigenvalue weighted by atomic mass is 10.1. The molecule has 0 spiro atoms. The van der Waals surface area contributed by atoms with Gasteiger partial charge in [0.2, 0.25) is 17.6 Å². The summed E-state index contributed by atoms with van der Waals surface area (Å²) in [7, 11) is 0. The van der Waals surface area contributed by atoms with E-state index < -0.39 is 0 Å². The zero-order chi connectivity index (χ0) is 20.2. The first-order chi connectivity index (χ1) is 14.1. The summed E-state index contributed by atoms with van der Waals surface area (Å²) < 4.78 is 5.22. The number of hydrogen-bond acceptors (Lipinski definition) is 7. The molecule has 146 valence electrons. The van der Waals surface area contributed by atoms with Crippen molar-refractivity contribution < 1.29 is 9.32 Å². The molecule has 0 aliphatic rings. The highest BCUT2D eigenvalue weighted by Gasteiger charge is 2.14. The van der Waals surface area contributed by atoms with E-state index in [0.717, 1.165) is 16.1 Å². The van der Waals surface area contributed by atoms with Crippen LogP contribution in [0.1, 0.15) is 22.8 Å². The van der Waals surface area contributed by atoms with Crippen LogP contribution in [0.15, 0.2) is 53.2 Å². The highest BCUT2D eigenvalue weighted by atomic mass is 32.1. The maximum absolute atomic E-state index is 12.3. The third-order valence-corrected chi connectivity index (χ3v) is 5.18. The van der Waals surface area contributed by atoms with Crippen LogP contribution in [0.25, 0.3) is 22.8 Å². The molecule has 0 aliphatic heterocycles. The number of amides is 1. The van der Waals surface area contributed by atoms with Gasteiger partial charge in [-0.05, 0) is 26.0 Å². The van der Waals surface area contributed by atoms with Crippen molar-refractivity contribution in [3.05, 3.63) is 65.0 Å². The number of benzene rings is 1. The van der Waals surface area contributed by atoms with Gasteiger partial charge in [-0.15, -0.1) is 11.3 Å². The molecule has 0 fully saturated rings. The Morgan fingerprint density at radius 3 is 2.69 bits per heavy atom. The van der Waals surface area contributed by atoms with Gasteiger partial charge in [0.25, 0.3) is 0 Å². The van der Waals surface area contributed by atoms with Crippen LogP contribution in [0.3, 0.4) is 0 Å². The Labute approximate surface area is 171 Å². The zero-order valence-electron chi connectivity index (χ0n) is 16.0. The van der Waals surface area contributed by atoms with E-state index in [-0.39, 0.29) is 12.3 Å². The topological polar surface area (TPSA) is 93.8 Å². The molecule has 0 atom stereocenters. The maximum Gasteiger partial charge on any atom is 0.227 e. The molecule has 1 amide bonds. The number of hydrogen-bond donors (Lipinski definition) is 1. The molecule has 0 saturated carbocycles. The van der Waals surface area contributed by atoms with Crippen molar-refractivity contribution in [3.8, 4) is 22.8 Å². The van der Waals surface area contributed by atoms with Gasteiger partial charge in [-0.25, -0.2) is 4.98 Å². The minimum Gasteiger partial charge on any atom is -0.339 e. The van der Waals surface area contributed by atoms with Gasteiger partial charge in [-0.2, -0.15) is 4.98 Å². The Morgan fingerprint density at radius 1 is 1.10 bits per heavy atom. The minimum absolute atomic E-state index is 0.146. The number of nitrogens with one attached hydrogen (secondary N) is 1. The summed E-state index contributed by atoms with van der Waals surface area (Å²) in [6.07, 6.45) is 2.24. The van der Waals surface area contributed by atoms with Gasteiger partial charge in [0, 0.05) is 29.5 Å². The van der Waals surface area contributed by atoms with Crippen LogP contribution >= 0.6 is 11.3 Å². The van der Waals surface area contributed by atoms with Crippen molar-refractivity contribution >= 4 is 22.4 Å². The lowest BCUT2D eigenvalue weighted by Crippen LogP contribution is -2.12. The van der Waals surface area contributed by atoms with Gasteiger partial charge in [-0.1, -0.05) is 41.1 Å². The number of thiazole rings is 1. The molecule has 29 heavy (non-hydrogen) atoms. The molecule has 1 aromatic carbocycles. The van der Waals surface area contributed by atoms with E-state index in [9.17, 15) is 4.79 Å². The molecule has 0 aliphatic carbocycles. The lowest BCUT2D eigenvalue weighted by molar-refractivity contribution is -0.116. The molecule has 0 saturated heterocycles. The fraction of sp³-hybridized carbons (Fsp3) is 0.190. The van der Waals surface area contributed by atoms with Gasteiger partial charge in [-0.3, -0.25) is 9.78 Å². The fourth-order valence-electron chi connectivity index (χ4n) is 2.79. The molecule has 4 rings (SSSR count). The van der Waals surface area contributed by atoms with E-state index in [0.29, 0.717) is 29.0 Å². The first-order valence-electron chi connectivity index (χ1n) is 9.17. The summed E-state index contributed by atoms with van der Waals surface area (Å²) in [5.74, 6) is 0.669. The smallest absolute Gasteiger partial charge is 0.227 e. The van der Waals surface area contributed by atoms with Gasteiger partial charge < -0.3 is 9.84 Å². The van der Waals surface area contributed by atoms with Crippen molar-refractivity contribution in [3.63, 3.8) is 0 Å². The van der Waals surface area contributed by atoms with Crippen LogP contribution in [0.4, 0.5) is 5.13 Å². The average molecular weight is 405 g/mol. The number of aryl methyl sites for hydroxylation is 3. The summed E-state index contributed by atoms with van der Waals surface area (Å²) in [5.41, 5.74) is 3.76. The predicted octanol–water partition coefficient (Wildman–Crippen LogP) is 4.44. The fourth-order valence-corrected chi connectivity index (χ4v) is 3.64. The summed E-state index contributed by atoms with van der Waals surface area (Å²) in [6.45, 7) is 4.05. The molecule has 7 nitrogen and oxygen atoms in total. The quantitative estimate of drug-likeness (QED) is 0.510. The third-order valence-electron chi connectivity index (χ3n) is 4.30. The van der Waals surface area contributed by atoms with Gasteiger partial charge in [0.05, 0.1) is 5.69 Å². The van der Waals surface area contributed by atoms with E-state index in [4.69, 9.17) is 4.52 Å². The van der Waals surface area contributed by atoms with Crippen LogP contribution in [0.2, 0.25) is 0 Å². The zero-order valence-corrected chi connectivity index (χ0v) is 16.9. The van der Waals surface area contributed by atoms with Crippen LogP contribution in [0.5, 0.6) is 0 Å². The number of anilines is 1. The largest absolute Gasteiger partial charge is 0.339 e. The summed E-state index contributed by atoms with van der Waals surface area (Å²) in [5, 5.41) is 7.36. The number of pyridine rings is 1. The average Bonchev–Trinajstić information content (AvgIpc) is 3.34. The lowest BCUT2D eigenvalue weighted by Gasteiger charge is -2.00. The second kappa shape index (κ2) is 8.32. The molecule has 8 heteroatoms. The number of carbonyl (C=O) groups excluding carboxylic acids is 1. The summed E-state index contributed by atoms with van der Waals surface area (Å²) in [4.78, 5) is 26.4. The van der Waals surface area contributed by atoms with Gasteiger partial charge in [0.15, 0.2) is 5.13 Å². The SMILES string of the molecule is Cc1ccc(-c2nc(NC(=O)CCc3nc(-c4ccccn4)no3)sc2C)cc1. The molecule has 0 radical (unpaired) electrons. The Bertz CT molecular complexity index is 1120. The summed E-state index contributed by atoms with van der Waals surface area (Å²) >= 11 is 1.46. The molecule has 3 heterocycles. The summed E-state index contributed by atoms with van der Waals surface area (Å²) in [6, 6.07) is 13.7. The van der Waals surface area contributed by atoms with Crippen molar-refractivity contribution in [1.82, 2.24) is 20.1 Å². The number of rotatable bonds is 6. The highest BCUT2D eigenvalue weighted by molar-refractivity contribution is 7.16. The first kappa shape index (κ1) is 18.9. The number of aromatic nitrogens is 4.